The van der Waals surface area contributed by atoms with Crippen LogP contribution in [0.25, 0.3) is 0 Å². The highest BCUT2D eigenvalue weighted by Crippen LogP contribution is 2.27. The summed E-state index contributed by atoms with van der Waals surface area (Å²) >= 11 is 1.68. The Morgan fingerprint density at radius 2 is 1.82 bits per heavy atom. The summed E-state index contributed by atoms with van der Waals surface area (Å²) in [5, 5.41) is 5.17. The Labute approximate surface area is 171 Å². The minimum Gasteiger partial charge on any atom is -0.493 e. The van der Waals surface area contributed by atoms with E-state index in [-0.39, 0.29) is 11.9 Å². The van der Waals surface area contributed by atoms with Gasteiger partial charge in [0.25, 0.3) is 5.91 Å². The molecule has 0 aliphatic carbocycles. The predicted molar refractivity (Wildman–Crippen MR) is 110 cm³/mol. The van der Waals surface area contributed by atoms with Gasteiger partial charge >= 0.3 is 0 Å². The molecule has 3 N–H and O–H groups in total. The molecule has 0 unspecified atom stereocenters. The molecule has 1 saturated heterocycles. The number of methoxy groups -OCH3 is 2. The first kappa shape index (κ1) is 20.6. The standard InChI is InChI=1S/C21H29N3O3S/c1-16(20-5-4-12-28-20)22-21(25)15-24-10-8-23(9-11-24)14-17-6-7-18(26-2)19(13-17)27-3/h4-7,12-13,16H,8-11,14-15H2,1-3H3,(H,22,25)/p+2/t16-/m0/s1. The zero-order valence-electron chi connectivity index (χ0n) is 16.9. The molecule has 0 spiro atoms. The molecule has 3 rings (SSSR count). The third-order valence-electron chi connectivity index (χ3n) is 5.32. The van der Waals surface area contributed by atoms with E-state index in [2.05, 4.69) is 23.5 Å². The molecule has 152 valence electrons. The summed E-state index contributed by atoms with van der Waals surface area (Å²) in [5.74, 6) is 1.68. The van der Waals surface area contributed by atoms with E-state index in [1.54, 1.807) is 30.5 Å². The molecule has 1 fully saturated rings. The normalized spacial score (nSPS) is 20.4. The van der Waals surface area contributed by atoms with Gasteiger partial charge in [0.1, 0.15) is 32.7 Å². The van der Waals surface area contributed by atoms with Crippen LogP contribution in [-0.4, -0.2) is 52.9 Å². The molecule has 1 aliphatic rings. The van der Waals surface area contributed by atoms with Crippen LogP contribution in [0.1, 0.15) is 23.4 Å². The van der Waals surface area contributed by atoms with Gasteiger partial charge < -0.3 is 24.6 Å². The smallest absolute Gasteiger partial charge is 0.275 e. The van der Waals surface area contributed by atoms with Crippen molar-refractivity contribution >= 4 is 17.2 Å². The zero-order chi connectivity index (χ0) is 19.9. The molecule has 1 aromatic carbocycles. The van der Waals surface area contributed by atoms with Gasteiger partial charge in [0.15, 0.2) is 18.0 Å². The van der Waals surface area contributed by atoms with Gasteiger partial charge in [-0.15, -0.1) is 11.3 Å². The summed E-state index contributed by atoms with van der Waals surface area (Å²) in [6, 6.07) is 10.3. The maximum atomic E-state index is 12.4. The van der Waals surface area contributed by atoms with E-state index < -0.39 is 0 Å². The first-order valence-electron chi connectivity index (χ1n) is 9.80. The van der Waals surface area contributed by atoms with Crippen LogP contribution in [-0.2, 0) is 11.3 Å². The van der Waals surface area contributed by atoms with Crippen LogP contribution in [0.2, 0.25) is 0 Å². The minimum atomic E-state index is 0.0869. The highest BCUT2D eigenvalue weighted by molar-refractivity contribution is 7.10. The van der Waals surface area contributed by atoms with Crippen LogP contribution >= 0.6 is 11.3 Å². The molecule has 0 bridgehead atoms. The van der Waals surface area contributed by atoms with E-state index in [1.165, 1.54) is 15.3 Å². The fourth-order valence-electron chi connectivity index (χ4n) is 3.72. The molecular weight excluding hydrogens is 374 g/mol. The highest BCUT2D eigenvalue weighted by Gasteiger charge is 2.25. The Morgan fingerprint density at radius 1 is 1.11 bits per heavy atom. The lowest BCUT2D eigenvalue weighted by atomic mass is 10.1. The third kappa shape index (κ3) is 5.47. The van der Waals surface area contributed by atoms with Crippen LogP contribution in [0, 0.1) is 0 Å². The van der Waals surface area contributed by atoms with Crippen LogP contribution in [0.5, 0.6) is 11.5 Å². The molecule has 28 heavy (non-hydrogen) atoms. The predicted octanol–water partition coefficient (Wildman–Crippen LogP) is -0.0739. The van der Waals surface area contributed by atoms with Gasteiger partial charge in [0.2, 0.25) is 0 Å². The van der Waals surface area contributed by atoms with Crippen LogP contribution < -0.4 is 24.6 Å². The highest BCUT2D eigenvalue weighted by atomic mass is 32.1. The Hall–Kier alpha value is -2.09. The number of nitrogens with one attached hydrogen (secondary N) is 3. The summed E-state index contributed by atoms with van der Waals surface area (Å²) in [4.78, 5) is 16.5. The number of quaternary nitrogens is 2. The topological polar surface area (TPSA) is 56.4 Å². The summed E-state index contributed by atoms with van der Waals surface area (Å²) in [5.41, 5.74) is 1.25. The third-order valence-corrected chi connectivity index (χ3v) is 6.38. The van der Waals surface area contributed by atoms with Gasteiger partial charge in [-0.3, -0.25) is 4.79 Å². The minimum absolute atomic E-state index is 0.0869. The van der Waals surface area contributed by atoms with Crippen molar-refractivity contribution in [1.29, 1.82) is 0 Å². The average Bonchev–Trinajstić information content (AvgIpc) is 3.24. The van der Waals surface area contributed by atoms with Crippen molar-refractivity contribution in [2.24, 2.45) is 0 Å². The van der Waals surface area contributed by atoms with Gasteiger partial charge in [0.05, 0.1) is 20.3 Å². The number of carbonyl (C=O) groups is 1. The van der Waals surface area contributed by atoms with E-state index in [1.807, 2.05) is 24.4 Å². The zero-order valence-corrected chi connectivity index (χ0v) is 17.7. The van der Waals surface area contributed by atoms with Crippen molar-refractivity contribution in [3.05, 3.63) is 46.2 Å². The quantitative estimate of drug-likeness (QED) is 0.576. The second-order valence-corrected chi connectivity index (χ2v) is 8.33. The molecule has 1 aromatic heterocycles. The number of benzene rings is 1. The lowest BCUT2D eigenvalue weighted by Crippen LogP contribution is -3.28. The lowest BCUT2D eigenvalue weighted by molar-refractivity contribution is -1.02. The summed E-state index contributed by atoms with van der Waals surface area (Å²) in [7, 11) is 3.32. The van der Waals surface area contributed by atoms with Crippen molar-refractivity contribution in [2.75, 3.05) is 46.9 Å². The SMILES string of the molecule is COc1ccc(C[NH+]2CC[NH+](CC(=O)N[C@@H](C)c3cccs3)CC2)cc1OC. The van der Waals surface area contributed by atoms with Gasteiger partial charge in [-0.2, -0.15) is 0 Å². The first-order valence-corrected chi connectivity index (χ1v) is 10.7. The van der Waals surface area contributed by atoms with E-state index in [0.717, 1.165) is 44.2 Å². The maximum absolute atomic E-state index is 12.4. The van der Waals surface area contributed by atoms with E-state index in [0.29, 0.717) is 6.54 Å². The van der Waals surface area contributed by atoms with E-state index in [9.17, 15) is 4.79 Å². The number of piperazine rings is 1. The van der Waals surface area contributed by atoms with Gasteiger partial charge in [-0.05, 0) is 36.6 Å². The molecule has 1 amide bonds. The Balaban J connectivity index is 1.43. The van der Waals surface area contributed by atoms with Crippen LogP contribution in [0.4, 0.5) is 0 Å². The summed E-state index contributed by atoms with van der Waals surface area (Å²) in [6.07, 6.45) is 0. The Kier molecular flexibility index (Phi) is 7.30. The average molecular weight is 406 g/mol. The van der Waals surface area contributed by atoms with E-state index >= 15 is 0 Å². The summed E-state index contributed by atoms with van der Waals surface area (Å²) in [6.45, 7) is 7.74. The fraction of sp³-hybridized carbons (Fsp3) is 0.476. The molecule has 2 aromatic rings. The van der Waals surface area contributed by atoms with Crippen molar-refractivity contribution < 1.29 is 24.1 Å². The summed E-state index contributed by atoms with van der Waals surface area (Å²) < 4.78 is 10.7. The molecule has 2 heterocycles. The number of ether oxygens (including phenoxy) is 2. The first-order chi connectivity index (χ1) is 13.6. The van der Waals surface area contributed by atoms with Crippen LogP contribution in [0.3, 0.4) is 0 Å². The number of amides is 1. The molecule has 6 nitrogen and oxygen atoms in total. The maximum Gasteiger partial charge on any atom is 0.275 e. The molecule has 1 atom stereocenters. The van der Waals surface area contributed by atoms with Crippen LogP contribution in [0.15, 0.2) is 35.7 Å². The molecular formula is C21H31N3O3S+2. The number of carbonyl (C=O) groups excluding carboxylic acids is 1. The Morgan fingerprint density at radius 3 is 2.46 bits per heavy atom. The second kappa shape index (κ2) is 9.91. The van der Waals surface area contributed by atoms with Crippen molar-refractivity contribution in [1.82, 2.24) is 5.32 Å². The number of thiophene rings is 1. The monoisotopic (exact) mass is 405 g/mol. The number of hydrogen-bond acceptors (Lipinski definition) is 4. The second-order valence-electron chi connectivity index (χ2n) is 7.35. The van der Waals surface area contributed by atoms with Gasteiger partial charge in [-0.25, -0.2) is 0 Å². The molecule has 7 heteroatoms. The molecule has 0 saturated carbocycles. The van der Waals surface area contributed by atoms with Gasteiger partial charge in [-0.1, -0.05) is 6.07 Å². The fourth-order valence-corrected chi connectivity index (χ4v) is 4.45. The van der Waals surface area contributed by atoms with Crippen molar-refractivity contribution in [3.63, 3.8) is 0 Å². The van der Waals surface area contributed by atoms with Gasteiger partial charge in [0, 0.05) is 10.4 Å². The number of hydrogen-bond donors (Lipinski definition) is 3. The number of rotatable bonds is 8. The lowest BCUT2D eigenvalue weighted by Gasteiger charge is -2.29. The van der Waals surface area contributed by atoms with Crippen molar-refractivity contribution in [2.45, 2.75) is 19.5 Å². The van der Waals surface area contributed by atoms with Crippen molar-refractivity contribution in [3.8, 4) is 11.5 Å². The van der Waals surface area contributed by atoms with E-state index in [4.69, 9.17) is 9.47 Å². The molecule has 0 radical (unpaired) electrons. The largest absolute Gasteiger partial charge is 0.493 e. The Bertz CT molecular complexity index is 758. The molecule has 1 aliphatic heterocycles.